The second-order valence-electron chi connectivity index (χ2n) is 8.07. The van der Waals surface area contributed by atoms with E-state index in [1.807, 2.05) is 35.2 Å². The van der Waals surface area contributed by atoms with Gasteiger partial charge in [0, 0.05) is 11.1 Å². The van der Waals surface area contributed by atoms with Crippen LogP contribution in [0.15, 0.2) is 60.7 Å². The van der Waals surface area contributed by atoms with Crippen molar-refractivity contribution in [2.75, 3.05) is 18.6 Å². The SMILES string of the molecule is COc1cccc(C)c1-c1cc2c(cc1N1C(=O)OC[C@H]1Cc1ccccc1)COC2. The summed E-state index contributed by atoms with van der Waals surface area (Å²) in [6.45, 7) is 3.56. The minimum Gasteiger partial charge on any atom is -0.496 e. The molecule has 0 saturated carbocycles. The average molecular weight is 415 g/mol. The Labute approximate surface area is 182 Å². The smallest absolute Gasteiger partial charge is 0.414 e. The van der Waals surface area contributed by atoms with Gasteiger partial charge in [0.05, 0.1) is 32.1 Å². The first-order valence-corrected chi connectivity index (χ1v) is 10.5. The topological polar surface area (TPSA) is 48.0 Å². The van der Waals surface area contributed by atoms with E-state index in [0.717, 1.165) is 45.7 Å². The molecule has 0 unspecified atom stereocenters. The predicted octanol–water partition coefficient (Wildman–Crippen LogP) is 5.27. The van der Waals surface area contributed by atoms with Gasteiger partial charge < -0.3 is 14.2 Å². The van der Waals surface area contributed by atoms with Gasteiger partial charge in [-0.1, -0.05) is 42.5 Å². The number of benzene rings is 3. The van der Waals surface area contributed by atoms with Crippen molar-refractivity contribution in [3.05, 3.63) is 82.9 Å². The van der Waals surface area contributed by atoms with Gasteiger partial charge in [0.2, 0.25) is 0 Å². The molecule has 0 spiro atoms. The van der Waals surface area contributed by atoms with Crippen LogP contribution in [-0.4, -0.2) is 25.9 Å². The summed E-state index contributed by atoms with van der Waals surface area (Å²) >= 11 is 0. The van der Waals surface area contributed by atoms with Crippen molar-refractivity contribution in [1.29, 1.82) is 0 Å². The van der Waals surface area contributed by atoms with Crippen LogP contribution in [-0.2, 0) is 29.1 Å². The second kappa shape index (κ2) is 8.08. The number of aryl methyl sites for hydroxylation is 1. The van der Waals surface area contributed by atoms with Crippen LogP contribution in [0.3, 0.4) is 0 Å². The van der Waals surface area contributed by atoms with E-state index in [0.29, 0.717) is 19.8 Å². The number of cyclic esters (lactones) is 1. The molecule has 0 radical (unpaired) electrons. The van der Waals surface area contributed by atoms with Crippen LogP contribution in [0.1, 0.15) is 22.3 Å². The minimum atomic E-state index is -0.311. The summed E-state index contributed by atoms with van der Waals surface area (Å²) in [6, 6.07) is 20.4. The third-order valence-corrected chi connectivity index (χ3v) is 6.09. The molecule has 3 aromatic carbocycles. The van der Waals surface area contributed by atoms with Crippen LogP contribution in [0.25, 0.3) is 11.1 Å². The van der Waals surface area contributed by atoms with Crippen LogP contribution in [0.2, 0.25) is 0 Å². The lowest BCUT2D eigenvalue weighted by Gasteiger charge is -2.26. The fourth-order valence-electron chi connectivity index (χ4n) is 4.56. The molecular weight excluding hydrogens is 390 g/mol. The Morgan fingerprint density at radius 3 is 2.58 bits per heavy atom. The van der Waals surface area contributed by atoms with Crippen molar-refractivity contribution in [3.63, 3.8) is 0 Å². The minimum absolute atomic E-state index is 0.0796. The lowest BCUT2D eigenvalue weighted by molar-refractivity contribution is 0.134. The van der Waals surface area contributed by atoms with Gasteiger partial charge in [-0.3, -0.25) is 4.90 Å². The molecule has 31 heavy (non-hydrogen) atoms. The first-order chi connectivity index (χ1) is 15.2. The summed E-state index contributed by atoms with van der Waals surface area (Å²) in [6.07, 6.45) is 0.415. The molecule has 5 rings (SSSR count). The summed E-state index contributed by atoms with van der Waals surface area (Å²) in [5, 5.41) is 0. The molecule has 2 heterocycles. The summed E-state index contributed by atoms with van der Waals surface area (Å²) in [7, 11) is 1.68. The molecule has 0 N–H and O–H groups in total. The van der Waals surface area contributed by atoms with Crippen LogP contribution in [0.5, 0.6) is 5.75 Å². The fourth-order valence-corrected chi connectivity index (χ4v) is 4.56. The Balaban J connectivity index is 1.65. The van der Waals surface area contributed by atoms with Gasteiger partial charge in [-0.2, -0.15) is 0 Å². The number of amides is 1. The zero-order valence-electron chi connectivity index (χ0n) is 17.8. The maximum absolute atomic E-state index is 12.9. The third kappa shape index (κ3) is 3.55. The molecule has 1 saturated heterocycles. The van der Waals surface area contributed by atoms with E-state index in [2.05, 4.69) is 37.3 Å². The number of methoxy groups -OCH3 is 1. The number of ether oxygens (including phenoxy) is 3. The Hall–Kier alpha value is -3.31. The van der Waals surface area contributed by atoms with Gasteiger partial charge in [0.15, 0.2) is 0 Å². The van der Waals surface area contributed by atoms with Crippen molar-refractivity contribution in [2.24, 2.45) is 0 Å². The lowest BCUT2D eigenvalue weighted by atomic mass is 9.93. The number of carbonyl (C=O) groups is 1. The molecule has 5 heteroatoms. The standard InChI is InChI=1S/C26H25NO4/c1-17-7-6-10-24(29-2)25(17)22-12-19-14-30-15-20(19)13-23(22)27-21(16-31-26(27)28)11-18-8-4-3-5-9-18/h3-10,12-13,21H,11,14-16H2,1-2H3/t21-/m1/s1. The van der Waals surface area contributed by atoms with Crippen LogP contribution in [0.4, 0.5) is 10.5 Å². The Morgan fingerprint density at radius 2 is 1.81 bits per heavy atom. The summed E-state index contributed by atoms with van der Waals surface area (Å²) in [5.41, 5.74) is 7.34. The molecule has 0 bridgehead atoms. The highest BCUT2D eigenvalue weighted by atomic mass is 16.6. The van der Waals surface area contributed by atoms with E-state index in [9.17, 15) is 4.79 Å². The molecule has 1 fully saturated rings. The molecule has 5 nitrogen and oxygen atoms in total. The average Bonchev–Trinajstić information content (AvgIpc) is 3.39. The quantitative estimate of drug-likeness (QED) is 0.570. The number of fused-ring (bicyclic) bond motifs is 1. The number of rotatable bonds is 5. The van der Waals surface area contributed by atoms with Gasteiger partial charge in [0.25, 0.3) is 0 Å². The molecular formula is C26H25NO4. The zero-order chi connectivity index (χ0) is 21.4. The van der Waals surface area contributed by atoms with Crippen molar-refractivity contribution >= 4 is 11.8 Å². The third-order valence-electron chi connectivity index (χ3n) is 6.09. The van der Waals surface area contributed by atoms with Gasteiger partial charge in [0.1, 0.15) is 12.4 Å². The molecule has 1 amide bonds. The van der Waals surface area contributed by atoms with E-state index in [1.54, 1.807) is 7.11 Å². The summed E-state index contributed by atoms with van der Waals surface area (Å²) in [4.78, 5) is 14.8. The molecule has 1 atom stereocenters. The largest absolute Gasteiger partial charge is 0.496 e. The number of nitrogens with zero attached hydrogens (tertiary/aromatic N) is 1. The number of carbonyl (C=O) groups excluding carboxylic acids is 1. The first kappa shape index (κ1) is 19.6. The summed E-state index contributed by atoms with van der Waals surface area (Å²) in [5.74, 6) is 0.785. The van der Waals surface area contributed by atoms with Crippen LogP contribution in [0, 0.1) is 6.92 Å². The maximum Gasteiger partial charge on any atom is 0.414 e. The number of hydrogen-bond acceptors (Lipinski definition) is 4. The molecule has 2 aliphatic heterocycles. The van der Waals surface area contributed by atoms with E-state index in [4.69, 9.17) is 14.2 Å². The molecule has 0 aromatic heterocycles. The fraction of sp³-hybridized carbons (Fsp3) is 0.269. The monoisotopic (exact) mass is 415 g/mol. The Bertz CT molecular complexity index is 1130. The predicted molar refractivity (Wildman–Crippen MR) is 119 cm³/mol. The van der Waals surface area contributed by atoms with Gasteiger partial charge in [-0.15, -0.1) is 0 Å². The van der Waals surface area contributed by atoms with E-state index in [1.165, 1.54) is 5.56 Å². The molecule has 3 aromatic rings. The van der Waals surface area contributed by atoms with Gasteiger partial charge in [-0.25, -0.2) is 4.79 Å². The number of anilines is 1. The first-order valence-electron chi connectivity index (χ1n) is 10.5. The lowest BCUT2D eigenvalue weighted by Crippen LogP contribution is -2.35. The van der Waals surface area contributed by atoms with E-state index < -0.39 is 0 Å². The van der Waals surface area contributed by atoms with Crippen molar-refractivity contribution in [2.45, 2.75) is 32.6 Å². The normalized spacial score (nSPS) is 17.5. The zero-order valence-corrected chi connectivity index (χ0v) is 17.8. The maximum atomic E-state index is 12.9. The summed E-state index contributed by atoms with van der Waals surface area (Å²) < 4.78 is 16.9. The highest BCUT2D eigenvalue weighted by Crippen LogP contribution is 2.43. The molecule has 0 aliphatic carbocycles. The van der Waals surface area contributed by atoms with Crippen molar-refractivity contribution in [3.8, 4) is 16.9 Å². The Kier molecular flexibility index (Phi) is 5.12. The molecule has 158 valence electrons. The van der Waals surface area contributed by atoms with Crippen molar-refractivity contribution < 1.29 is 19.0 Å². The van der Waals surface area contributed by atoms with Gasteiger partial charge >= 0.3 is 6.09 Å². The van der Waals surface area contributed by atoms with Crippen LogP contribution >= 0.6 is 0 Å². The van der Waals surface area contributed by atoms with Gasteiger partial charge in [-0.05, 0) is 53.8 Å². The van der Waals surface area contributed by atoms with E-state index >= 15 is 0 Å². The Morgan fingerprint density at radius 1 is 1.03 bits per heavy atom. The highest BCUT2D eigenvalue weighted by Gasteiger charge is 2.37. The van der Waals surface area contributed by atoms with Crippen molar-refractivity contribution in [1.82, 2.24) is 0 Å². The van der Waals surface area contributed by atoms with E-state index in [-0.39, 0.29) is 12.1 Å². The second-order valence-corrected chi connectivity index (χ2v) is 8.07. The van der Waals surface area contributed by atoms with Crippen LogP contribution < -0.4 is 9.64 Å². The highest BCUT2D eigenvalue weighted by molar-refractivity contribution is 5.97. The molecule has 2 aliphatic rings. The number of hydrogen-bond donors (Lipinski definition) is 0.